The van der Waals surface area contributed by atoms with Crippen molar-refractivity contribution in [3.8, 4) is 0 Å². The lowest BCUT2D eigenvalue weighted by Gasteiger charge is -1.90. The number of hydrogen-bond acceptors (Lipinski definition) is 0. The first kappa shape index (κ1) is 20.9. The molecule has 1 rings (SSSR count). The van der Waals surface area contributed by atoms with Gasteiger partial charge in [0.15, 0.2) is 0 Å². The minimum atomic E-state index is 0.884. The van der Waals surface area contributed by atoms with Crippen molar-refractivity contribution in [2.45, 2.75) is 67.7 Å². The van der Waals surface area contributed by atoms with Gasteiger partial charge in [0.1, 0.15) is 0 Å². The summed E-state index contributed by atoms with van der Waals surface area (Å²) in [6, 6.07) is 0. The lowest BCUT2D eigenvalue weighted by Crippen LogP contribution is -1.77. The molecule has 0 heterocycles. The van der Waals surface area contributed by atoms with Crippen LogP contribution in [-0.2, 0) is 0 Å². The van der Waals surface area contributed by atoms with Crippen LogP contribution in [0.4, 0.5) is 0 Å². The third-order valence-corrected chi connectivity index (χ3v) is 3.35. The van der Waals surface area contributed by atoms with Gasteiger partial charge in [0.05, 0.1) is 0 Å². The molecule has 0 aromatic rings. The van der Waals surface area contributed by atoms with E-state index in [1.807, 2.05) is 6.92 Å². The van der Waals surface area contributed by atoms with Gasteiger partial charge in [-0.25, -0.2) is 0 Å². The number of hydrogen-bond donors (Lipinski definition) is 0. The number of rotatable bonds is 2. The van der Waals surface area contributed by atoms with Crippen LogP contribution in [-0.4, -0.2) is 0 Å². The zero-order chi connectivity index (χ0) is 16.0. The normalized spacial score (nSPS) is 17.6. The molecule has 1 aliphatic carbocycles. The Bertz CT molecular complexity index is 411. The Balaban J connectivity index is 0. The van der Waals surface area contributed by atoms with Crippen LogP contribution >= 0.6 is 0 Å². The van der Waals surface area contributed by atoms with Crippen LogP contribution in [0.1, 0.15) is 67.7 Å². The summed E-state index contributed by atoms with van der Waals surface area (Å²) >= 11 is 0. The van der Waals surface area contributed by atoms with Crippen molar-refractivity contribution < 1.29 is 0 Å². The molecule has 2 atom stereocenters. The summed E-state index contributed by atoms with van der Waals surface area (Å²) < 4.78 is 0. The summed E-state index contributed by atoms with van der Waals surface area (Å²) in [7, 11) is 0. The molecule has 20 heavy (non-hydrogen) atoms. The lowest BCUT2D eigenvalue weighted by molar-refractivity contribution is 0.626. The Hall–Kier alpha value is -1.36. The molecule has 0 aliphatic heterocycles. The molecule has 1 saturated carbocycles. The van der Waals surface area contributed by atoms with Crippen LogP contribution in [0.2, 0.25) is 0 Å². The summed E-state index contributed by atoms with van der Waals surface area (Å²) in [5, 5.41) is 0. The van der Waals surface area contributed by atoms with Crippen LogP contribution in [0.3, 0.4) is 0 Å². The Labute approximate surface area is 127 Å². The van der Waals surface area contributed by atoms with E-state index in [2.05, 4.69) is 76.8 Å². The molecular weight excluding hydrogens is 240 g/mol. The largest absolute Gasteiger partial charge is 0.0687 e. The van der Waals surface area contributed by atoms with E-state index in [0.29, 0.717) is 0 Å². The van der Waals surface area contributed by atoms with Crippen LogP contribution in [0, 0.1) is 17.8 Å². The maximum Gasteiger partial charge on any atom is -0.00137 e. The second kappa shape index (κ2) is 14.1. The lowest BCUT2D eigenvalue weighted by atomic mass is 10.2. The molecule has 0 N–H and O–H groups in total. The Morgan fingerprint density at radius 1 is 1.10 bits per heavy atom. The highest BCUT2D eigenvalue weighted by Crippen LogP contribution is 2.36. The molecule has 0 radical (unpaired) electrons. The fourth-order valence-corrected chi connectivity index (χ4v) is 0.810. The molecule has 2 unspecified atom stereocenters. The fraction of sp³-hybridized carbons (Fsp3) is 0.650. The first-order chi connectivity index (χ1) is 9.38. The summed E-state index contributed by atoms with van der Waals surface area (Å²) in [5.74, 6) is 2.99. The zero-order valence-corrected chi connectivity index (χ0v) is 14.6. The minimum Gasteiger partial charge on any atom is -0.0687 e. The first-order valence-electron chi connectivity index (χ1n) is 7.74. The smallest absolute Gasteiger partial charge is 0.00137 e. The van der Waals surface area contributed by atoms with Crippen molar-refractivity contribution in [2.75, 3.05) is 0 Å². The highest BCUT2D eigenvalue weighted by Gasteiger charge is 2.26. The van der Waals surface area contributed by atoms with Crippen LogP contribution in [0.5, 0.6) is 0 Å². The monoisotopic (exact) mass is 272 g/mol. The molecule has 0 aromatic carbocycles. The maximum atomic E-state index is 3.32. The maximum absolute atomic E-state index is 3.32. The second-order valence-corrected chi connectivity index (χ2v) is 5.80. The van der Waals surface area contributed by atoms with Crippen LogP contribution in [0.15, 0.2) is 40.8 Å². The summed E-state index contributed by atoms with van der Waals surface area (Å²) in [4.78, 5) is 0. The SMILES string of the molecule is C=C=C=C=C=C=C(C)CC.CC1CC1C.CCC(C)C. The second-order valence-electron chi connectivity index (χ2n) is 5.80. The average Bonchev–Trinajstić information content (AvgIpc) is 3.08. The molecule has 1 aliphatic rings. The fourth-order valence-electron chi connectivity index (χ4n) is 0.810. The predicted molar refractivity (Wildman–Crippen MR) is 90.7 cm³/mol. The summed E-state index contributed by atoms with van der Waals surface area (Å²) in [6.45, 7) is 18.6. The van der Waals surface area contributed by atoms with E-state index in [1.165, 1.54) is 12.8 Å². The van der Waals surface area contributed by atoms with Gasteiger partial charge in [0.25, 0.3) is 0 Å². The van der Waals surface area contributed by atoms with Gasteiger partial charge in [-0.3, -0.25) is 0 Å². The minimum absolute atomic E-state index is 0.884. The van der Waals surface area contributed by atoms with Gasteiger partial charge in [0.2, 0.25) is 0 Å². The van der Waals surface area contributed by atoms with E-state index in [9.17, 15) is 0 Å². The first-order valence-corrected chi connectivity index (χ1v) is 7.74. The predicted octanol–water partition coefficient (Wildman–Crippen LogP) is 6.46. The molecule has 0 aromatic heterocycles. The molecule has 0 nitrogen and oxygen atoms in total. The van der Waals surface area contributed by atoms with Crippen molar-refractivity contribution in [1.82, 2.24) is 0 Å². The quantitative estimate of drug-likeness (QED) is 0.506. The average molecular weight is 272 g/mol. The Morgan fingerprint density at radius 2 is 1.55 bits per heavy atom. The van der Waals surface area contributed by atoms with E-state index < -0.39 is 0 Å². The topological polar surface area (TPSA) is 0 Å². The van der Waals surface area contributed by atoms with E-state index in [4.69, 9.17) is 0 Å². The Kier molecular flexibility index (Phi) is 14.7. The molecule has 0 bridgehead atoms. The van der Waals surface area contributed by atoms with E-state index >= 15 is 0 Å². The van der Waals surface area contributed by atoms with Crippen molar-refractivity contribution >= 4 is 0 Å². The summed E-state index contributed by atoms with van der Waals surface area (Å²) in [5.41, 5.74) is 14.3. The van der Waals surface area contributed by atoms with E-state index in [1.54, 1.807) is 0 Å². The molecule has 1 fully saturated rings. The van der Waals surface area contributed by atoms with Crippen molar-refractivity contribution in [2.24, 2.45) is 17.8 Å². The molecule has 0 heteroatoms. The molecule has 0 spiro atoms. The van der Waals surface area contributed by atoms with Gasteiger partial charge >= 0.3 is 0 Å². The summed E-state index contributed by atoms with van der Waals surface area (Å²) in [6.07, 6.45) is 3.77. The standard InChI is InChI=1S/C10H10.C5H10.C5H12/c1-4-6-7-8-9-10(3)5-2;1-4-3-5(4)2;1-4-5(2)3/h1,5H2,2-3H3;4-5H,3H2,1-2H3;5H,4H2,1-3H3. The van der Waals surface area contributed by atoms with Gasteiger partial charge in [-0.2, -0.15) is 0 Å². The highest BCUT2D eigenvalue weighted by molar-refractivity contribution is 4.97. The van der Waals surface area contributed by atoms with Crippen LogP contribution in [0.25, 0.3) is 0 Å². The third kappa shape index (κ3) is 19.0. The van der Waals surface area contributed by atoms with Gasteiger partial charge < -0.3 is 0 Å². The van der Waals surface area contributed by atoms with Crippen molar-refractivity contribution in [1.29, 1.82) is 0 Å². The molecule has 112 valence electrons. The van der Waals surface area contributed by atoms with Crippen molar-refractivity contribution in [3.05, 3.63) is 40.8 Å². The van der Waals surface area contributed by atoms with Crippen molar-refractivity contribution in [3.63, 3.8) is 0 Å². The zero-order valence-electron chi connectivity index (χ0n) is 14.6. The van der Waals surface area contributed by atoms with Gasteiger partial charge in [-0.15, -0.1) is 0 Å². The molecular formula is C20H32. The highest BCUT2D eigenvalue weighted by atomic mass is 14.3. The van der Waals surface area contributed by atoms with Gasteiger partial charge in [0, 0.05) is 0 Å². The van der Waals surface area contributed by atoms with E-state index in [0.717, 1.165) is 29.7 Å². The van der Waals surface area contributed by atoms with E-state index in [-0.39, 0.29) is 0 Å². The van der Waals surface area contributed by atoms with Gasteiger partial charge in [-0.05, 0) is 66.9 Å². The van der Waals surface area contributed by atoms with Crippen LogP contribution < -0.4 is 0 Å². The molecule has 0 saturated heterocycles. The third-order valence-electron chi connectivity index (χ3n) is 3.35. The Morgan fingerprint density at radius 3 is 1.80 bits per heavy atom. The molecule has 0 amide bonds. The number of allylic oxidation sites excluding steroid dienone is 1. The van der Waals surface area contributed by atoms with Gasteiger partial charge in [-0.1, -0.05) is 59.4 Å².